The molecule has 1 aliphatic carbocycles. The molecular weight excluding hydrogens is 312 g/mol. The van der Waals surface area contributed by atoms with Crippen LogP contribution in [0.4, 0.5) is 0 Å². The van der Waals surface area contributed by atoms with Crippen LogP contribution in [0.25, 0.3) is 0 Å². The van der Waals surface area contributed by atoms with E-state index in [1.54, 1.807) is 0 Å². The maximum absolute atomic E-state index is 6.41. The van der Waals surface area contributed by atoms with Crippen molar-refractivity contribution in [3.63, 3.8) is 0 Å². The molecule has 142 valence electrons. The van der Waals surface area contributed by atoms with Crippen LogP contribution >= 0.6 is 0 Å². The van der Waals surface area contributed by atoms with E-state index in [1.807, 2.05) is 19.1 Å². The van der Waals surface area contributed by atoms with Gasteiger partial charge in [-0.05, 0) is 65.4 Å². The third-order valence-electron chi connectivity index (χ3n) is 4.97. The Morgan fingerprint density at radius 3 is 2.24 bits per heavy atom. The van der Waals surface area contributed by atoms with Crippen molar-refractivity contribution in [2.24, 2.45) is 5.73 Å². The van der Waals surface area contributed by atoms with Crippen molar-refractivity contribution in [3.05, 3.63) is 29.8 Å². The van der Waals surface area contributed by atoms with E-state index in [4.69, 9.17) is 15.2 Å². The molecule has 0 radical (unpaired) electrons. The summed E-state index contributed by atoms with van der Waals surface area (Å²) < 4.78 is 12.0. The number of hydrogen-bond donors (Lipinski definition) is 1. The van der Waals surface area contributed by atoms with E-state index in [1.165, 1.54) is 24.8 Å². The first-order chi connectivity index (χ1) is 11.8. The van der Waals surface area contributed by atoms with Crippen molar-refractivity contribution in [1.82, 2.24) is 4.90 Å². The lowest BCUT2D eigenvalue weighted by Crippen LogP contribution is -2.43. The van der Waals surface area contributed by atoms with Gasteiger partial charge in [0.05, 0.1) is 6.10 Å². The number of ether oxygens (including phenoxy) is 2. The summed E-state index contributed by atoms with van der Waals surface area (Å²) in [4.78, 5) is 2.18. The zero-order valence-corrected chi connectivity index (χ0v) is 16.6. The Labute approximate surface area is 153 Å². The van der Waals surface area contributed by atoms with Crippen molar-refractivity contribution in [3.8, 4) is 5.75 Å². The van der Waals surface area contributed by atoms with Crippen LogP contribution in [0, 0.1) is 0 Å². The standard InChI is InChI=1S/C21H36N2O2/c1-16(24-18-9-7-6-8-10-18)25-19-13-11-17(12-14-19)20(15-23(4)5)21(2,3)22/h11-14,16,18,20H,6-10,15,22H2,1-5H3. The minimum atomic E-state index is -0.274. The van der Waals surface area contributed by atoms with Crippen molar-refractivity contribution in [1.29, 1.82) is 0 Å². The molecule has 0 amide bonds. The van der Waals surface area contributed by atoms with Gasteiger partial charge in [0, 0.05) is 18.0 Å². The molecule has 2 unspecified atom stereocenters. The summed E-state index contributed by atoms with van der Waals surface area (Å²) in [5.41, 5.74) is 7.38. The van der Waals surface area contributed by atoms with E-state index in [2.05, 4.69) is 45.0 Å². The average molecular weight is 349 g/mol. The van der Waals surface area contributed by atoms with Crippen molar-refractivity contribution < 1.29 is 9.47 Å². The van der Waals surface area contributed by atoms with E-state index in [-0.39, 0.29) is 17.7 Å². The number of rotatable bonds is 8. The first-order valence-corrected chi connectivity index (χ1v) is 9.61. The molecule has 4 nitrogen and oxygen atoms in total. The molecule has 1 fully saturated rings. The maximum atomic E-state index is 6.41. The average Bonchev–Trinajstić information content (AvgIpc) is 2.53. The first-order valence-electron chi connectivity index (χ1n) is 9.61. The van der Waals surface area contributed by atoms with Gasteiger partial charge in [0.1, 0.15) is 5.75 Å². The van der Waals surface area contributed by atoms with Gasteiger partial charge in [-0.25, -0.2) is 0 Å². The van der Waals surface area contributed by atoms with E-state index >= 15 is 0 Å². The predicted octanol–water partition coefficient (Wildman–Crippen LogP) is 4.14. The van der Waals surface area contributed by atoms with Gasteiger partial charge in [-0.1, -0.05) is 31.4 Å². The monoisotopic (exact) mass is 348 g/mol. The Balaban J connectivity index is 1.95. The van der Waals surface area contributed by atoms with Gasteiger partial charge < -0.3 is 20.1 Å². The lowest BCUT2D eigenvalue weighted by Gasteiger charge is -2.33. The fraction of sp³-hybridized carbons (Fsp3) is 0.714. The van der Waals surface area contributed by atoms with Gasteiger partial charge >= 0.3 is 0 Å². The molecule has 0 saturated heterocycles. The molecule has 2 atom stereocenters. The van der Waals surface area contributed by atoms with Gasteiger partial charge in [-0.15, -0.1) is 0 Å². The minimum Gasteiger partial charge on any atom is -0.465 e. The van der Waals surface area contributed by atoms with Crippen LogP contribution in [0.3, 0.4) is 0 Å². The molecule has 1 saturated carbocycles. The summed E-state index contributed by atoms with van der Waals surface area (Å²) in [6.45, 7) is 7.09. The SMILES string of the molecule is CC(Oc1ccc(C(CN(C)C)C(C)(C)N)cc1)OC1CCCCC1. The van der Waals surface area contributed by atoms with Crippen molar-refractivity contribution in [2.75, 3.05) is 20.6 Å². The third kappa shape index (κ3) is 6.61. The Hall–Kier alpha value is -1.10. The summed E-state index contributed by atoms with van der Waals surface area (Å²) in [6.07, 6.45) is 6.34. The van der Waals surface area contributed by atoms with E-state index in [9.17, 15) is 0 Å². The molecule has 25 heavy (non-hydrogen) atoms. The Bertz CT molecular complexity index is 502. The van der Waals surface area contributed by atoms with Crippen LogP contribution in [0.5, 0.6) is 5.75 Å². The van der Waals surface area contributed by atoms with Gasteiger partial charge in [-0.2, -0.15) is 0 Å². The molecule has 2 rings (SSSR count). The molecule has 0 aromatic heterocycles. The summed E-state index contributed by atoms with van der Waals surface area (Å²) in [6, 6.07) is 8.33. The van der Waals surface area contributed by atoms with Crippen LogP contribution in [0.2, 0.25) is 0 Å². The zero-order chi connectivity index (χ0) is 18.4. The Morgan fingerprint density at radius 1 is 1.12 bits per heavy atom. The van der Waals surface area contributed by atoms with Crippen LogP contribution < -0.4 is 10.5 Å². The lowest BCUT2D eigenvalue weighted by molar-refractivity contribution is -0.116. The maximum Gasteiger partial charge on any atom is 0.197 e. The predicted molar refractivity (Wildman–Crippen MR) is 104 cm³/mol. The Morgan fingerprint density at radius 2 is 1.72 bits per heavy atom. The Kier molecular flexibility index (Phi) is 7.29. The quantitative estimate of drug-likeness (QED) is 0.717. The van der Waals surface area contributed by atoms with E-state index < -0.39 is 0 Å². The van der Waals surface area contributed by atoms with Crippen molar-refractivity contribution >= 4 is 0 Å². The third-order valence-corrected chi connectivity index (χ3v) is 4.97. The summed E-state index contributed by atoms with van der Waals surface area (Å²) in [5, 5.41) is 0. The minimum absolute atomic E-state index is 0.211. The number of nitrogens with two attached hydrogens (primary N) is 1. The lowest BCUT2D eigenvalue weighted by atomic mass is 9.82. The van der Waals surface area contributed by atoms with Crippen molar-refractivity contribution in [2.45, 2.75) is 76.7 Å². The molecule has 1 aromatic rings. The van der Waals surface area contributed by atoms with Gasteiger partial charge in [0.2, 0.25) is 0 Å². The molecule has 0 spiro atoms. The van der Waals surface area contributed by atoms with Gasteiger partial charge in [0.25, 0.3) is 0 Å². The highest BCUT2D eigenvalue weighted by Gasteiger charge is 2.27. The molecule has 0 bridgehead atoms. The highest BCUT2D eigenvalue weighted by Crippen LogP contribution is 2.29. The highest BCUT2D eigenvalue weighted by atomic mass is 16.7. The summed E-state index contributed by atoms with van der Waals surface area (Å²) >= 11 is 0. The number of nitrogens with zero attached hydrogens (tertiary/aromatic N) is 1. The summed E-state index contributed by atoms with van der Waals surface area (Å²) in [7, 11) is 4.17. The smallest absolute Gasteiger partial charge is 0.197 e. The largest absolute Gasteiger partial charge is 0.465 e. The summed E-state index contributed by atoms with van der Waals surface area (Å²) in [5.74, 6) is 1.12. The molecule has 1 aliphatic rings. The molecule has 2 N–H and O–H groups in total. The van der Waals surface area contributed by atoms with Gasteiger partial charge in [0.15, 0.2) is 6.29 Å². The fourth-order valence-corrected chi connectivity index (χ4v) is 3.61. The first kappa shape index (κ1) is 20.2. The number of hydrogen-bond acceptors (Lipinski definition) is 4. The fourth-order valence-electron chi connectivity index (χ4n) is 3.61. The second kappa shape index (κ2) is 9.02. The zero-order valence-electron chi connectivity index (χ0n) is 16.6. The van der Waals surface area contributed by atoms with E-state index in [0.717, 1.165) is 25.1 Å². The number of likely N-dealkylation sites (N-methyl/N-ethyl adjacent to an activating group) is 1. The van der Waals surface area contributed by atoms with Crippen LogP contribution in [0.1, 0.15) is 64.4 Å². The van der Waals surface area contributed by atoms with Gasteiger partial charge in [-0.3, -0.25) is 0 Å². The van der Waals surface area contributed by atoms with Crippen LogP contribution in [-0.4, -0.2) is 43.5 Å². The highest BCUT2D eigenvalue weighted by molar-refractivity contribution is 5.31. The van der Waals surface area contributed by atoms with Crippen LogP contribution in [-0.2, 0) is 4.74 Å². The molecule has 1 aromatic carbocycles. The van der Waals surface area contributed by atoms with Crippen LogP contribution in [0.15, 0.2) is 24.3 Å². The molecule has 0 heterocycles. The molecule has 0 aliphatic heterocycles. The normalized spacial score (nSPS) is 19.0. The number of benzene rings is 1. The topological polar surface area (TPSA) is 47.7 Å². The second-order valence-electron chi connectivity index (χ2n) is 8.29. The van der Waals surface area contributed by atoms with E-state index in [0.29, 0.717) is 6.10 Å². The molecular formula is C21H36N2O2. The second-order valence-corrected chi connectivity index (χ2v) is 8.29. The molecule has 4 heteroatoms.